The molecule has 4 N–H and O–H groups in total. The van der Waals surface area contributed by atoms with Crippen LogP contribution >= 0.6 is 0 Å². The van der Waals surface area contributed by atoms with Crippen LogP contribution in [0, 0.1) is 0 Å². The summed E-state index contributed by atoms with van der Waals surface area (Å²) < 4.78 is 5.35. The lowest BCUT2D eigenvalue weighted by atomic mass is 10.1. The molecule has 1 saturated heterocycles. The second-order valence-electron chi connectivity index (χ2n) is 4.45. The van der Waals surface area contributed by atoms with Gasteiger partial charge in [0.2, 0.25) is 0 Å². The van der Waals surface area contributed by atoms with Gasteiger partial charge in [0.15, 0.2) is 0 Å². The summed E-state index contributed by atoms with van der Waals surface area (Å²) in [5.74, 6) is -1.44. The third-order valence-electron chi connectivity index (χ3n) is 3.00. The van der Waals surface area contributed by atoms with E-state index in [9.17, 15) is 9.59 Å². The summed E-state index contributed by atoms with van der Waals surface area (Å²) in [7, 11) is 0. The number of rotatable bonds is 3. The van der Waals surface area contributed by atoms with Crippen LogP contribution in [0.15, 0.2) is 18.2 Å². The SMILES string of the molecule is Nc1ccc(C(=O)O)c(NC(=O)C2CCCCO2)c1. The van der Waals surface area contributed by atoms with Crippen LogP contribution in [0.25, 0.3) is 0 Å². The molecule has 0 spiro atoms. The first-order chi connectivity index (χ1) is 9.08. The Hall–Kier alpha value is -2.08. The van der Waals surface area contributed by atoms with Crippen LogP contribution in [0.2, 0.25) is 0 Å². The van der Waals surface area contributed by atoms with Crippen molar-refractivity contribution in [3.63, 3.8) is 0 Å². The minimum atomic E-state index is -1.11. The number of carbonyl (C=O) groups excluding carboxylic acids is 1. The number of nitrogens with one attached hydrogen (secondary N) is 1. The van der Waals surface area contributed by atoms with Crippen molar-refractivity contribution < 1.29 is 19.4 Å². The number of nitrogen functional groups attached to an aromatic ring is 1. The van der Waals surface area contributed by atoms with E-state index in [0.29, 0.717) is 18.7 Å². The zero-order valence-electron chi connectivity index (χ0n) is 10.4. The molecule has 1 aromatic carbocycles. The van der Waals surface area contributed by atoms with Crippen molar-refractivity contribution in [2.75, 3.05) is 17.7 Å². The van der Waals surface area contributed by atoms with Gasteiger partial charge < -0.3 is 20.9 Å². The highest BCUT2D eigenvalue weighted by Gasteiger charge is 2.23. The largest absolute Gasteiger partial charge is 0.478 e. The lowest BCUT2D eigenvalue weighted by Crippen LogP contribution is -2.33. The monoisotopic (exact) mass is 264 g/mol. The third kappa shape index (κ3) is 3.23. The Morgan fingerprint density at radius 3 is 2.79 bits per heavy atom. The van der Waals surface area contributed by atoms with Crippen molar-refractivity contribution in [1.82, 2.24) is 0 Å². The molecule has 1 fully saturated rings. The summed E-state index contributed by atoms with van der Waals surface area (Å²) >= 11 is 0. The first-order valence-electron chi connectivity index (χ1n) is 6.13. The van der Waals surface area contributed by atoms with E-state index in [2.05, 4.69) is 5.32 Å². The number of aromatic carboxylic acids is 1. The summed E-state index contributed by atoms with van der Waals surface area (Å²) in [4.78, 5) is 23.1. The summed E-state index contributed by atoms with van der Waals surface area (Å²) in [6.07, 6.45) is 2.01. The van der Waals surface area contributed by atoms with Gasteiger partial charge in [0, 0.05) is 12.3 Å². The van der Waals surface area contributed by atoms with Crippen molar-refractivity contribution in [2.24, 2.45) is 0 Å². The van der Waals surface area contributed by atoms with E-state index in [0.717, 1.165) is 12.8 Å². The van der Waals surface area contributed by atoms with Crippen LogP contribution in [0.5, 0.6) is 0 Å². The van der Waals surface area contributed by atoms with Crippen LogP contribution in [0.1, 0.15) is 29.6 Å². The number of anilines is 2. The van der Waals surface area contributed by atoms with E-state index >= 15 is 0 Å². The van der Waals surface area contributed by atoms with E-state index in [1.165, 1.54) is 18.2 Å². The van der Waals surface area contributed by atoms with Gasteiger partial charge >= 0.3 is 5.97 Å². The lowest BCUT2D eigenvalue weighted by Gasteiger charge is -2.22. The zero-order valence-corrected chi connectivity index (χ0v) is 10.4. The quantitative estimate of drug-likeness (QED) is 0.718. The van der Waals surface area contributed by atoms with Gasteiger partial charge in [0.1, 0.15) is 6.10 Å². The van der Waals surface area contributed by atoms with Crippen LogP contribution in [-0.2, 0) is 9.53 Å². The third-order valence-corrected chi connectivity index (χ3v) is 3.00. The maximum Gasteiger partial charge on any atom is 0.337 e. The highest BCUT2D eigenvalue weighted by Crippen LogP contribution is 2.21. The molecule has 19 heavy (non-hydrogen) atoms. The summed E-state index contributed by atoms with van der Waals surface area (Å²) in [5, 5.41) is 11.6. The molecule has 0 bridgehead atoms. The minimum Gasteiger partial charge on any atom is -0.478 e. The molecule has 6 heteroatoms. The smallest absolute Gasteiger partial charge is 0.337 e. The van der Waals surface area contributed by atoms with Gasteiger partial charge in [-0.05, 0) is 37.5 Å². The Kier molecular flexibility index (Phi) is 4.01. The van der Waals surface area contributed by atoms with E-state index in [1.54, 1.807) is 0 Å². The first kappa shape index (κ1) is 13.4. The molecule has 1 aromatic rings. The number of benzene rings is 1. The maximum atomic E-state index is 12.0. The highest BCUT2D eigenvalue weighted by molar-refractivity contribution is 6.02. The fourth-order valence-corrected chi connectivity index (χ4v) is 2.01. The molecular weight excluding hydrogens is 248 g/mol. The average Bonchev–Trinajstić information content (AvgIpc) is 2.39. The van der Waals surface area contributed by atoms with E-state index in [1.807, 2.05) is 0 Å². The standard InChI is InChI=1S/C13H16N2O4/c14-8-4-5-9(13(17)18)10(7-8)15-12(16)11-3-1-2-6-19-11/h4-5,7,11H,1-3,6,14H2,(H,15,16)(H,17,18). The van der Waals surface area contributed by atoms with Gasteiger partial charge in [-0.15, -0.1) is 0 Å². The number of ether oxygens (including phenoxy) is 1. The molecule has 1 heterocycles. The molecule has 1 aliphatic rings. The number of carboxylic acids is 1. The summed E-state index contributed by atoms with van der Waals surface area (Å²) in [6.45, 7) is 0.556. The Balaban J connectivity index is 2.15. The summed E-state index contributed by atoms with van der Waals surface area (Å²) in [5.41, 5.74) is 6.21. The molecule has 0 aliphatic carbocycles. The number of hydrogen-bond acceptors (Lipinski definition) is 4. The predicted octanol–water partition coefficient (Wildman–Crippen LogP) is 1.47. The van der Waals surface area contributed by atoms with E-state index < -0.39 is 12.1 Å². The maximum absolute atomic E-state index is 12.0. The molecule has 1 amide bonds. The number of carboxylic acid groups (broad SMARTS) is 1. The number of carbonyl (C=O) groups is 2. The second kappa shape index (κ2) is 5.71. The van der Waals surface area contributed by atoms with Gasteiger partial charge in [-0.2, -0.15) is 0 Å². The van der Waals surface area contributed by atoms with Gasteiger partial charge in [-0.25, -0.2) is 4.79 Å². The molecule has 102 valence electrons. The Labute approximate surface area is 110 Å². The zero-order chi connectivity index (χ0) is 13.8. The van der Waals surface area contributed by atoms with Crippen molar-refractivity contribution in [3.05, 3.63) is 23.8 Å². The average molecular weight is 264 g/mol. The predicted molar refractivity (Wildman–Crippen MR) is 70.0 cm³/mol. The van der Waals surface area contributed by atoms with Gasteiger partial charge in [0.25, 0.3) is 5.91 Å². The molecule has 6 nitrogen and oxygen atoms in total. The number of hydrogen-bond donors (Lipinski definition) is 3. The topological polar surface area (TPSA) is 102 Å². The van der Waals surface area contributed by atoms with E-state index in [4.69, 9.17) is 15.6 Å². The molecule has 1 aliphatic heterocycles. The molecule has 0 radical (unpaired) electrons. The number of amides is 1. The Bertz CT molecular complexity index is 495. The second-order valence-corrected chi connectivity index (χ2v) is 4.45. The Morgan fingerprint density at radius 2 is 2.16 bits per heavy atom. The van der Waals surface area contributed by atoms with Crippen molar-refractivity contribution in [2.45, 2.75) is 25.4 Å². The van der Waals surface area contributed by atoms with Crippen molar-refractivity contribution in [1.29, 1.82) is 0 Å². The van der Waals surface area contributed by atoms with Crippen molar-refractivity contribution >= 4 is 23.3 Å². The van der Waals surface area contributed by atoms with Gasteiger partial charge in [-0.1, -0.05) is 0 Å². The molecular formula is C13H16N2O4. The lowest BCUT2D eigenvalue weighted by molar-refractivity contribution is -0.129. The van der Waals surface area contributed by atoms with Crippen LogP contribution in [-0.4, -0.2) is 29.7 Å². The number of nitrogens with two attached hydrogens (primary N) is 1. The highest BCUT2D eigenvalue weighted by atomic mass is 16.5. The first-order valence-corrected chi connectivity index (χ1v) is 6.13. The Morgan fingerprint density at radius 1 is 1.37 bits per heavy atom. The van der Waals surface area contributed by atoms with Crippen LogP contribution < -0.4 is 11.1 Å². The molecule has 0 saturated carbocycles. The fourth-order valence-electron chi connectivity index (χ4n) is 2.01. The normalized spacial score (nSPS) is 18.8. The van der Waals surface area contributed by atoms with Crippen LogP contribution in [0.3, 0.4) is 0 Å². The van der Waals surface area contributed by atoms with Gasteiger partial charge in [0.05, 0.1) is 11.3 Å². The minimum absolute atomic E-state index is 0.0124. The molecule has 2 rings (SSSR count). The molecule has 0 aromatic heterocycles. The molecule has 1 atom stereocenters. The molecule has 1 unspecified atom stereocenters. The van der Waals surface area contributed by atoms with E-state index in [-0.39, 0.29) is 17.2 Å². The van der Waals surface area contributed by atoms with Crippen molar-refractivity contribution in [3.8, 4) is 0 Å². The summed E-state index contributed by atoms with van der Waals surface area (Å²) in [6, 6.07) is 4.29. The fraction of sp³-hybridized carbons (Fsp3) is 0.385. The van der Waals surface area contributed by atoms with Crippen LogP contribution in [0.4, 0.5) is 11.4 Å². The van der Waals surface area contributed by atoms with Gasteiger partial charge in [-0.3, -0.25) is 4.79 Å².